The van der Waals surface area contributed by atoms with Crippen molar-refractivity contribution in [2.45, 2.75) is 26.8 Å². The molecule has 0 aliphatic heterocycles. The van der Waals surface area contributed by atoms with Crippen molar-refractivity contribution in [3.8, 4) is 0 Å². The van der Waals surface area contributed by atoms with Crippen molar-refractivity contribution in [3.05, 3.63) is 33.4 Å². The molecule has 2 nitrogen and oxygen atoms in total. The van der Waals surface area contributed by atoms with Gasteiger partial charge in [-0.25, -0.2) is 0 Å². The van der Waals surface area contributed by atoms with Crippen molar-refractivity contribution in [1.29, 1.82) is 0 Å². The SMILES string of the molecule is CCN(C(=O)c1ccc(I)cc1)C(C)C. The summed E-state index contributed by atoms with van der Waals surface area (Å²) in [5.74, 6) is 0.115. The predicted octanol–water partition coefficient (Wildman–Crippen LogP) is 3.16. The highest BCUT2D eigenvalue weighted by atomic mass is 127. The molecule has 0 aromatic heterocycles. The normalized spacial score (nSPS) is 10.5. The van der Waals surface area contributed by atoms with Gasteiger partial charge in [-0.15, -0.1) is 0 Å². The van der Waals surface area contributed by atoms with Gasteiger partial charge in [-0.2, -0.15) is 0 Å². The molecule has 1 rings (SSSR count). The lowest BCUT2D eigenvalue weighted by Gasteiger charge is -2.25. The van der Waals surface area contributed by atoms with Crippen LogP contribution in [0.4, 0.5) is 0 Å². The Morgan fingerprint density at radius 1 is 1.33 bits per heavy atom. The molecule has 1 amide bonds. The highest BCUT2D eigenvalue weighted by Gasteiger charge is 2.16. The molecule has 0 heterocycles. The van der Waals surface area contributed by atoms with Crippen molar-refractivity contribution in [2.24, 2.45) is 0 Å². The zero-order chi connectivity index (χ0) is 11.4. The van der Waals surface area contributed by atoms with Crippen LogP contribution in [0.1, 0.15) is 31.1 Å². The molecular weight excluding hydrogens is 301 g/mol. The largest absolute Gasteiger partial charge is 0.337 e. The minimum absolute atomic E-state index is 0.115. The Hall–Kier alpha value is -0.580. The number of hydrogen-bond donors (Lipinski definition) is 0. The maximum Gasteiger partial charge on any atom is 0.254 e. The van der Waals surface area contributed by atoms with Crippen LogP contribution in [0.2, 0.25) is 0 Å². The second kappa shape index (κ2) is 5.49. The van der Waals surface area contributed by atoms with E-state index >= 15 is 0 Å². The van der Waals surface area contributed by atoms with Gasteiger partial charge in [-0.3, -0.25) is 4.79 Å². The summed E-state index contributed by atoms with van der Waals surface area (Å²) in [5, 5.41) is 0. The van der Waals surface area contributed by atoms with Gasteiger partial charge in [0.15, 0.2) is 0 Å². The fourth-order valence-electron chi connectivity index (χ4n) is 1.50. The quantitative estimate of drug-likeness (QED) is 0.784. The van der Waals surface area contributed by atoms with E-state index in [-0.39, 0.29) is 11.9 Å². The zero-order valence-electron chi connectivity index (χ0n) is 9.33. The van der Waals surface area contributed by atoms with Gasteiger partial charge in [-0.05, 0) is 67.6 Å². The minimum Gasteiger partial charge on any atom is -0.337 e. The van der Waals surface area contributed by atoms with Crippen molar-refractivity contribution >= 4 is 28.5 Å². The van der Waals surface area contributed by atoms with Crippen LogP contribution in [0.5, 0.6) is 0 Å². The maximum atomic E-state index is 12.1. The number of amides is 1. The third-order valence-corrected chi connectivity index (χ3v) is 3.04. The van der Waals surface area contributed by atoms with Crippen LogP contribution in [0.3, 0.4) is 0 Å². The van der Waals surface area contributed by atoms with E-state index < -0.39 is 0 Å². The average Bonchev–Trinajstić information content (AvgIpc) is 2.19. The van der Waals surface area contributed by atoms with Crippen LogP contribution in [0.25, 0.3) is 0 Å². The molecule has 0 radical (unpaired) electrons. The fraction of sp³-hybridized carbons (Fsp3) is 0.417. The number of carbonyl (C=O) groups excluding carboxylic acids is 1. The molecule has 15 heavy (non-hydrogen) atoms. The van der Waals surface area contributed by atoms with E-state index in [0.29, 0.717) is 0 Å². The Morgan fingerprint density at radius 3 is 2.27 bits per heavy atom. The Labute approximate surface area is 105 Å². The number of rotatable bonds is 3. The number of carbonyl (C=O) groups is 1. The van der Waals surface area contributed by atoms with Crippen LogP contribution in [-0.4, -0.2) is 23.4 Å². The Balaban J connectivity index is 2.88. The highest BCUT2D eigenvalue weighted by Crippen LogP contribution is 2.11. The van der Waals surface area contributed by atoms with Gasteiger partial charge < -0.3 is 4.90 Å². The van der Waals surface area contributed by atoms with Crippen LogP contribution >= 0.6 is 22.6 Å². The lowest BCUT2D eigenvalue weighted by molar-refractivity contribution is 0.0717. The summed E-state index contributed by atoms with van der Waals surface area (Å²) in [7, 11) is 0. The van der Waals surface area contributed by atoms with Crippen LogP contribution in [-0.2, 0) is 0 Å². The first-order chi connectivity index (χ1) is 7.06. The average molecular weight is 317 g/mol. The summed E-state index contributed by atoms with van der Waals surface area (Å²) in [6.45, 7) is 6.83. The number of nitrogens with zero attached hydrogens (tertiary/aromatic N) is 1. The summed E-state index contributed by atoms with van der Waals surface area (Å²) in [6, 6.07) is 7.94. The number of benzene rings is 1. The molecule has 3 heteroatoms. The Morgan fingerprint density at radius 2 is 1.87 bits per heavy atom. The van der Waals surface area contributed by atoms with E-state index in [1.807, 2.05) is 49.9 Å². The summed E-state index contributed by atoms with van der Waals surface area (Å²) in [5.41, 5.74) is 0.769. The molecule has 0 N–H and O–H groups in total. The molecule has 1 aromatic rings. The van der Waals surface area contributed by atoms with Gasteiger partial charge in [0.05, 0.1) is 0 Å². The molecule has 0 unspecified atom stereocenters. The minimum atomic E-state index is 0.115. The number of halogens is 1. The first-order valence-electron chi connectivity index (χ1n) is 5.12. The van der Waals surface area contributed by atoms with E-state index in [0.717, 1.165) is 15.7 Å². The number of hydrogen-bond acceptors (Lipinski definition) is 1. The molecule has 0 saturated carbocycles. The molecule has 0 atom stereocenters. The summed E-state index contributed by atoms with van der Waals surface area (Å²) in [6.07, 6.45) is 0. The Kier molecular flexibility index (Phi) is 4.57. The smallest absolute Gasteiger partial charge is 0.254 e. The maximum absolute atomic E-state index is 12.1. The van der Waals surface area contributed by atoms with E-state index in [9.17, 15) is 4.79 Å². The van der Waals surface area contributed by atoms with Gasteiger partial charge in [0.25, 0.3) is 5.91 Å². The van der Waals surface area contributed by atoms with Gasteiger partial charge in [0.1, 0.15) is 0 Å². The fourth-order valence-corrected chi connectivity index (χ4v) is 1.86. The van der Waals surface area contributed by atoms with E-state index in [1.54, 1.807) is 0 Å². The van der Waals surface area contributed by atoms with Crippen molar-refractivity contribution in [1.82, 2.24) is 4.90 Å². The van der Waals surface area contributed by atoms with Gasteiger partial charge in [-0.1, -0.05) is 0 Å². The lowest BCUT2D eigenvalue weighted by Crippen LogP contribution is -2.36. The van der Waals surface area contributed by atoms with Gasteiger partial charge >= 0.3 is 0 Å². The summed E-state index contributed by atoms with van der Waals surface area (Å²) >= 11 is 2.24. The second-order valence-electron chi connectivity index (χ2n) is 3.69. The molecule has 0 aliphatic rings. The van der Waals surface area contributed by atoms with Crippen molar-refractivity contribution in [3.63, 3.8) is 0 Å². The van der Waals surface area contributed by atoms with Gasteiger partial charge in [0.2, 0.25) is 0 Å². The molecule has 0 fully saturated rings. The van der Waals surface area contributed by atoms with Crippen LogP contribution in [0.15, 0.2) is 24.3 Å². The standard InChI is InChI=1S/C12H16INO/c1-4-14(9(2)3)12(15)10-5-7-11(13)8-6-10/h5-9H,4H2,1-3H3. The van der Waals surface area contributed by atoms with E-state index in [4.69, 9.17) is 0 Å². The summed E-state index contributed by atoms with van der Waals surface area (Å²) in [4.78, 5) is 13.9. The second-order valence-corrected chi connectivity index (χ2v) is 4.94. The van der Waals surface area contributed by atoms with E-state index in [2.05, 4.69) is 22.6 Å². The molecule has 0 saturated heterocycles. The van der Waals surface area contributed by atoms with Crippen LogP contribution in [0, 0.1) is 3.57 Å². The first-order valence-corrected chi connectivity index (χ1v) is 6.20. The summed E-state index contributed by atoms with van der Waals surface area (Å²) < 4.78 is 1.15. The molecular formula is C12H16INO. The third-order valence-electron chi connectivity index (χ3n) is 2.32. The Bertz CT molecular complexity index is 332. The van der Waals surface area contributed by atoms with Crippen LogP contribution < -0.4 is 0 Å². The van der Waals surface area contributed by atoms with Crippen molar-refractivity contribution in [2.75, 3.05) is 6.54 Å². The molecule has 0 aliphatic carbocycles. The zero-order valence-corrected chi connectivity index (χ0v) is 11.5. The molecule has 82 valence electrons. The van der Waals surface area contributed by atoms with E-state index in [1.165, 1.54) is 0 Å². The third kappa shape index (κ3) is 3.19. The lowest BCUT2D eigenvalue weighted by atomic mass is 10.2. The predicted molar refractivity (Wildman–Crippen MR) is 71.0 cm³/mol. The molecule has 0 bridgehead atoms. The monoisotopic (exact) mass is 317 g/mol. The first kappa shape index (κ1) is 12.5. The van der Waals surface area contributed by atoms with Crippen molar-refractivity contribution < 1.29 is 4.79 Å². The van der Waals surface area contributed by atoms with Gasteiger partial charge in [0, 0.05) is 21.7 Å². The molecule has 0 spiro atoms. The topological polar surface area (TPSA) is 20.3 Å². The molecule has 1 aromatic carbocycles. The highest BCUT2D eigenvalue weighted by molar-refractivity contribution is 14.1.